The van der Waals surface area contributed by atoms with Gasteiger partial charge in [0.15, 0.2) is 0 Å². The van der Waals surface area contributed by atoms with Crippen LogP contribution in [0.3, 0.4) is 0 Å². The van der Waals surface area contributed by atoms with E-state index in [2.05, 4.69) is 48.7 Å². The van der Waals surface area contributed by atoms with Crippen LogP contribution in [0.2, 0.25) is 0 Å². The van der Waals surface area contributed by atoms with Crippen molar-refractivity contribution in [3.8, 4) is 0 Å². The molecular weight excluding hydrogens is 224 g/mol. The first kappa shape index (κ1) is 17.8. The van der Waals surface area contributed by atoms with E-state index in [9.17, 15) is 0 Å². The van der Waals surface area contributed by atoms with E-state index in [1.807, 2.05) is 7.05 Å². The maximum absolute atomic E-state index is 3.56. The highest BCUT2D eigenvalue weighted by atomic mass is 15.1. The largest absolute Gasteiger partial charge is 0.320 e. The van der Waals surface area contributed by atoms with E-state index in [4.69, 9.17) is 0 Å². The number of nitrogens with one attached hydrogen (secondary N) is 3. The Hall–Kier alpha value is -0.160. The Morgan fingerprint density at radius 3 is 2.28 bits per heavy atom. The van der Waals surface area contributed by atoms with Gasteiger partial charge in [-0.05, 0) is 53.5 Å². The average molecular weight is 258 g/mol. The van der Waals surface area contributed by atoms with Crippen LogP contribution in [0.15, 0.2) is 0 Å². The molecule has 0 aliphatic rings. The van der Waals surface area contributed by atoms with Crippen LogP contribution in [-0.2, 0) is 0 Å². The molecule has 0 aromatic rings. The lowest BCUT2D eigenvalue weighted by Crippen LogP contribution is -2.36. The van der Waals surface area contributed by atoms with Gasteiger partial charge in [-0.3, -0.25) is 0 Å². The van der Waals surface area contributed by atoms with Gasteiger partial charge in [0, 0.05) is 25.2 Å². The molecule has 0 aliphatic heterocycles. The minimum Gasteiger partial charge on any atom is -0.320 e. The first-order chi connectivity index (χ1) is 8.56. The summed E-state index contributed by atoms with van der Waals surface area (Å²) in [4.78, 5) is 2.40. The number of hydrogen-bond donors (Lipinski definition) is 3. The normalized spacial score (nSPS) is 13.5. The van der Waals surface area contributed by atoms with Gasteiger partial charge < -0.3 is 20.9 Å². The molecule has 0 aromatic carbocycles. The van der Waals surface area contributed by atoms with Crippen LogP contribution in [0.4, 0.5) is 0 Å². The maximum Gasteiger partial charge on any atom is 0.0104 e. The third-order valence-electron chi connectivity index (χ3n) is 3.09. The lowest BCUT2D eigenvalue weighted by molar-refractivity contribution is 0.305. The van der Waals surface area contributed by atoms with Gasteiger partial charge in [0.1, 0.15) is 0 Å². The Kier molecular flexibility index (Phi) is 11.8. The quantitative estimate of drug-likeness (QED) is 0.455. The SMILES string of the molecule is CNCCCNC(C)CCN(C)CCNC(C)C. The van der Waals surface area contributed by atoms with Crippen molar-refractivity contribution in [1.82, 2.24) is 20.9 Å². The zero-order chi connectivity index (χ0) is 13.8. The summed E-state index contributed by atoms with van der Waals surface area (Å²) >= 11 is 0. The molecule has 0 saturated heterocycles. The molecule has 0 bridgehead atoms. The summed E-state index contributed by atoms with van der Waals surface area (Å²) in [5.41, 5.74) is 0. The van der Waals surface area contributed by atoms with E-state index >= 15 is 0 Å². The molecule has 0 saturated carbocycles. The van der Waals surface area contributed by atoms with Gasteiger partial charge in [-0.25, -0.2) is 0 Å². The molecule has 0 heterocycles. The number of likely N-dealkylation sites (N-methyl/N-ethyl adjacent to an activating group) is 1. The fourth-order valence-electron chi connectivity index (χ4n) is 1.79. The van der Waals surface area contributed by atoms with E-state index in [0.717, 1.165) is 26.2 Å². The van der Waals surface area contributed by atoms with Gasteiger partial charge in [-0.2, -0.15) is 0 Å². The molecule has 0 rings (SSSR count). The van der Waals surface area contributed by atoms with E-state index in [0.29, 0.717) is 12.1 Å². The molecule has 4 heteroatoms. The molecule has 3 N–H and O–H groups in total. The second-order valence-corrected chi connectivity index (χ2v) is 5.51. The summed E-state index contributed by atoms with van der Waals surface area (Å²) in [6, 6.07) is 1.20. The summed E-state index contributed by atoms with van der Waals surface area (Å²) in [6.45, 7) is 12.2. The number of hydrogen-bond acceptors (Lipinski definition) is 4. The average Bonchev–Trinajstić information content (AvgIpc) is 2.31. The Morgan fingerprint density at radius 2 is 1.67 bits per heavy atom. The second-order valence-electron chi connectivity index (χ2n) is 5.51. The lowest BCUT2D eigenvalue weighted by Gasteiger charge is -2.21. The first-order valence-electron chi connectivity index (χ1n) is 7.36. The molecule has 1 atom stereocenters. The highest BCUT2D eigenvalue weighted by molar-refractivity contribution is 4.65. The van der Waals surface area contributed by atoms with E-state index < -0.39 is 0 Å². The summed E-state index contributed by atoms with van der Waals surface area (Å²) in [7, 11) is 4.21. The standard InChI is InChI=1S/C14H34N4/c1-13(2)16-10-12-18(5)11-7-14(3)17-9-6-8-15-4/h13-17H,6-12H2,1-5H3. The van der Waals surface area contributed by atoms with E-state index in [1.54, 1.807) is 0 Å². The van der Waals surface area contributed by atoms with Crippen LogP contribution in [-0.4, -0.2) is 63.8 Å². The first-order valence-corrected chi connectivity index (χ1v) is 7.36. The fraction of sp³-hybridized carbons (Fsp3) is 1.00. The van der Waals surface area contributed by atoms with Gasteiger partial charge in [-0.1, -0.05) is 13.8 Å². The van der Waals surface area contributed by atoms with Crippen LogP contribution in [0.25, 0.3) is 0 Å². The third-order valence-corrected chi connectivity index (χ3v) is 3.09. The third kappa shape index (κ3) is 12.3. The van der Waals surface area contributed by atoms with Crippen molar-refractivity contribution >= 4 is 0 Å². The van der Waals surface area contributed by atoms with Crippen molar-refractivity contribution in [1.29, 1.82) is 0 Å². The van der Waals surface area contributed by atoms with Crippen LogP contribution >= 0.6 is 0 Å². The molecule has 0 aromatic heterocycles. The monoisotopic (exact) mass is 258 g/mol. The van der Waals surface area contributed by atoms with Crippen LogP contribution in [0, 0.1) is 0 Å². The molecule has 0 aliphatic carbocycles. The van der Waals surface area contributed by atoms with E-state index in [-0.39, 0.29) is 0 Å². The zero-order valence-corrected chi connectivity index (χ0v) is 13.1. The number of nitrogens with zero attached hydrogens (tertiary/aromatic N) is 1. The predicted molar refractivity (Wildman–Crippen MR) is 81.3 cm³/mol. The molecule has 0 spiro atoms. The van der Waals surface area contributed by atoms with Crippen LogP contribution in [0.1, 0.15) is 33.6 Å². The van der Waals surface area contributed by atoms with E-state index in [1.165, 1.54) is 19.4 Å². The molecule has 110 valence electrons. The minimum absolute atomic E-state index is 0.589. The molecule has 0 radical (unpaired) electrons. The Labute approximate surface area is 114 Å². The Morgan fingerprint density at radius 1 is 0.944 bits per heavy atom. The summed E-state index contributed by atoms with van der Waals surface area (Å²) in [5, 5.41) is 10.2. The van der Waals surface area contributed by atoms with Crippen molar-refractivity contribution in [2.75, 3.05) is 46.8 Å². The Balaban J connectivity index is 3.38. The molecule has 1 unspecified atom stereocenters. The zero-order valence-electron chi connectivity index (χ0n) is 13.1. The summed E-state index contributed by atoms with van der Waals surface area (Å²) in [6.07, 6.45) is 2.42. The molecule has 0 amide bonds. The fourth-order valence-corrected chi connectivity index (χ4v) is 1.79. The summed E-state index contributed by atoms with van der Waals surface area (Å²) in [5.74, 6) is 0. The molecule has 4 nitrogen and oxygen atoms in total. The topological polar surface area (TPSA) is 39.3 Å². The highest BCUT2D eigenvalue weighted by Gasteiger charge is 2.04. The Bertz CT molecular complexity index is 173. The maximum atomic E-state index is 3.56. The van der Waals surface area contributed by atoms with Crippen molar-refractivity contribution in [2.24, 2.45) is 0 Å². The van der Waals surface area contributed by atoms with Gasteiger partial charge in [0.2, 0.25) is 0 Å². The van der Waals surface area contributed by atoms with Gasteiger partial charge in [0.05, 0.1) is 0 Å². The predicted octanol–water partition coefficient (Wildman–Crippen LogP) is 0.894. The van der Waals surface area contributed by atoms with Gasteiger partial charge in [0.25, 0.3) is 0 Å². The van der Waals surface area contributed by atoms with Crippen molar-refractivity contribution in [3.05, 3.63) is 0 Å². The van der Waals surface area contributed by atoms with Crippen LogP contribution < -0.4 is 16.0 Å². The molecule has 0 fully saturated rings. The van der Waals surface area contributed by atoms with Gasteiger partial charge >= 0.3 is 0 Å². The van der Waals surface area contributed by atoms with Crippen molar-refractivity contribution < 1.29 is 0 Å². The van der Waals surface area contributed by atoms with Crippen molar-refractivity contribution in [2.45, 2.75) is 45.7 Å². The molecule has 18 heavy (non-hydrogen) atoms. The van der Waals surface area contributed by atoms with Gasteiger partial charge in [-0.15, -0.1) is 0 Å². The molecular formula is C14H34N4. The summed E-state index contributed by atoms with van der Waals surface area (Å²) < 4.78 is 0. The smallest absolute Gasteiger partial charge is 0.0104 e. The number of rotatable bonds is 12. The second kappa shape index (κ2) is 11.9. The van der Waals surface area contributed by atoms with Crippen molar-refractivity contribution in [3.63, 3.8) is 0 Å². The lowest BCUT2D eigenvalue weighted by atomic mass is 10.2. The van der Waals surface area contributed by atoms with Crippen LogP contribution in [0.5, 0.6) is 0 Å². The highest BCUT2D eigenvalue weighted by Crippen LogP contribution is 1.94. The minimum atomic E-state index is 0.589.